The molecule has 1 amide bonds. The molecular formula is C17H24N2O2. The van der Waals surface area contributed by atoms with Gasteiger partial charge in [-0.15, -0.1) is 0 Å². The van der Waals surface area contributed by atoms with Gasteiger partial charge in [-0.05, 0) is 38.3 Å². The fourth-order valence-electron chi connectivity index (χ4n) is 3.41. The van der Waals surface area contributed by atoms with E-state index in [4.69, 9.17) is 4.74 Å². The van der Waals surface area contributed by atoms with Crippen molar-refractivity contribution in [3.8, 4) is 0 Å². The van der Waals surface area contributed by atoms with Gasteiger partial charge in [0.2, 0.25) is 0 Å². The molecular weight excluding hydrogens is 264 g/mol. The number of ether oxygens (including phenoxy) is 1. The van der Waals surface area contributed by atoms with Crippen LogP contribution in [0.2, 0.25) is 0 Å². The molecule has 114 valence electrons. The van der Waals surface area contributed by atoms with Gasteiger partial charge in [-0.1, -0.05) is 18.2 Å². The van der Waals surface area contributed by atoms with Gasteiger partial charge in [-0.25, -0.2) is 0 Å². The third-order valence-corrected chi connectivity index (χ3v) is 4.60. The highest BCUT2D eigenvalue weighted by Gasteiger charge is 2.35. The molecule has 1 saturated heterocycles. The monoisotopic (exact) mass is 288 g/mol. The van der Waals surface area contributed by atoms with Crippen LogP contribution in [0.15, 0.2) is 24.3 Å². The Morgan fingerprint density at radius 3 is 2.71 bits per heavy atom. The Balaban J connectivity index is 1.84. The molecule has 4 nitrogen and oxygen atoms in total. The van der Waals surface area contributed by atoms with Crippen LogP contribution in [-0.4, -0.2) is 42.6 Å². The van der Waals surface area contributed by atoms with E-state index in [0.717, 1.165) is 19.4 Å². The lowest BCUT2D eigenvalue weighted by Gasteiger charge is -2.30. The Bertz CT molecular complexity index is 531. The van der Waals surface area contributed by atoms with Crippen LogP contribution in [0.4, 0.5) is 5.69 Å². The maximum absolute atomic E-state index is 12.8. The predicted octanol–water partition coefficient (Wildman–Crippen LogP) is 2.42. The molecule has 0 spiro atoms. The molecule has 3 rings (SSSR count). The number of rotatable bonds is 1. The van der Waals surface area contributed by atoms with Gasteiger partial charge in [0.1, 0.15) is 6.10 Å². The Morgan fingerprint density at radius 1 is 1.24 bits per heavy atom. The first kappa shape index (κ1) is 14.4. The number of hydrogen-bond donors (Lipinski definition) is 0. The average molecular weight is 288 g/mol. The summed E-state index contributed by atoms with van der Waals surface area (Å²) < 4.78 is 5.78. The molecule has 1 fully saturated rings. The van der Waals surface area contributed by atoms with Crippen molar-refractivity contribution in [2.75, 3.05) is 18.5 Å². The average Bonchev–Trinajstić information content (AvgIpc) is 2.85. The second-order valence-corrected chi connectivity index (χ2v) is 6.34. The number of likely N-dealkylation sites (N-methyl/N-ethyl adjacent to an activating group) is 1. The lowest BCUT2D eigenvalue weighted by Crippen LogP contribution is -2.46. The van der Waals surface area contributed by atoms with Gasteiger partial charge in [0.15, 0.2) is 0 Å². The van der Waals surface area contributed by atoms with E-state index in [1.807, 2.05) is 17.9 Å². The third kappa shape index (κ3) is 2.77. The Morgan fingerprint density at radius 2 is 2.00 bits per heavy atom. The number of anilines is 1. The van der Waals surface area contributed by atoms with Crippen molar-refractivity contribution in [1.29, 1.82) is 0 Å². The lowest BCUT2D eigenvalue weighted by molar-refractivity contribution is -0.145. The number of benzene rings is 1. The summed E-state index contributed by atoms with van der Waals surface area (Å²) in [6, 6.07) is 8.53. The highest BCUT2D eigenvalue weighted by Crippen LogP contribution is 2.28. The van der Waals surface area contributed by atoms with E-state index in [9.17, 15) is 4.79 Å². The van der Waals surface area contributed by atoms with Crippen LogP contribution >= 0.6 is 0 Å². The van der Waals surface area contributed by atoms with Crippen LogP contribution in [0.25, 0.3) is 0 Å². The molecule has 1 aromatic rings. The van der Waals surface area contributed by atoms with E-state index in [2.05, 4.69) is 37.1 Å². The van der Waals surface area contributed by atoms with Crippen molar-refractivity contribution in [2.45, 2.75) is 51.5 Å². The maximum Gasteiger partial charge on any atom is 0.252 e. The molecule has 0 saturated carbocycles. The van der Waals surface area contributed by atoms with Crippen molar-refractivity contribution in [1.82, 2.24) is 4.90 Å². The second kappa shape index (κ2) is 5.68. The number of carbonyl (C=O) groups is 1. The first-order chi connectivity index (χ1) is 10.1. The molecule has 0 aliphatic carbocycles. The van der Waals surface area contributed by atoms with Crippen LogP contribution in [0.1, 0.15) is 32.3 Å². The van der Waals surface area contributed by atoms with Crippen LogP contribution in [-0.2, 0) is 16.1 Å². The van der Waals surface area contributed by atoms with Crippen molar-refractivity contribution in [3.63, 3.8) is 0 Å². The highest BCUT2D eigenvalue weighted by atomic mass is 16.5. The zero-order chi connectivity index (χ0) is 15.0. The molecule has 4 heteroatoms. The molecule has 0 bridgehead atoms. The summed E-state index contributed by atoms with van der Waals surface area (Å²) in [4.78, 5) is 17.0. The van der Waals surface area contributed by atoms with Gasteiger partial charge < -0.3 is 14.5 Å². The molecule has 0 N–H and O–H groups in total. The van der Waals surface area contributed by atoms with E-state index < -0.39 is 0 Å². The largest absolute Gasteiger partial charge is 0.372 e. The highest BCUT2D eigenvalue weighted by molar-refractivity contribution is 5.82. The Kier molecular flexibility index (Phi) is 3.89. The molecule has 2 heterocycles. The summed E-state index contributed by atoms with van der Waals surface area (Å²) in [6.45, 7) is 5.70. The topological polar surface area (TPSA) is 32.8 Å². The summed E-state index contributed by atoms with van der Waals surface area (Å²) in [5, 5.41) is 0. The van der Waals surface area contributed by atoms with Crippen molar-refractivity contribution < 1.29 is 9.53 Å². The number of nitrogens with zero attached hydrogens (tertiary/aromatic N) is 2. The fourth-order valence-corrected chi connectivity index (χ4v) is 3.41. The summed E-state index contributed by atoms with van der Waals surface area (Å²) in [6.07, 6.45) is 1.78. The van der Waals surface area contributed by atoms with E-state index in [0.29, 0.717) is 6.54 Å². The summed E-state index contributed by atoms with van der Waals surface area (Å²) in [7, 11) is 2.09. The van der Waals surface area contributed by atoms with Gasteiger partial charge in [0, 0.05) is 31.9 Å². The lowest BCUT2D eigenvalue weighted by atomic mass is 10.1. The molecule has 1 aromatic carbocycles. The molecule has 0 aromatic heterocycles. The van der Waals surface area contributed by atoms with Crippen LogP contribution in [0.3, 0.4) is 0 Å². The number of amides is 1. The zero-order valence-electron chi connectivity index (χ0n) is 13.1. The van der Waals surface area contributed by atoms with Crippen molar-refractivity contribution >= 4 is 11.6 Å². The molecule has 3 unspecified atom stereocenters. The third-order valence-electron chi connectivity index (χ3n) is 4.60. The van der Waals surface area contributed by atoms with E-state index in [1.54, 1.807) is 0 Å². The minimum atomic E-state index is -0.252. The summed E-state index contributed by atoms with van der Waals surface area (Å²) in [5.74, 6) is 0.150. The minimum Gasteiger partial charge on any atom is -0.372 e. The SMILES string of the molecule is CC1CCC(C(=O)N2Cc3ccccc3N(C)CC2C)O1. The first-order valence-electron chi connectivity index (χ1n) is 7.81. The van der Waals surface area contributed by atoms with Crippen LogP contribution in [0.5, 0.6) is 0 Å². The van der Waals surface area contributed by atoms with Gasteiger partial charge >= 0.3 is 0 Å². The van der Waals surface area contributed by atoms with Crippen molar-refractivity contribution in [2.24, 2.45) is 0 Å². The molecule has 0 radical (unpaired) electrons. The fraction of sp³-hybridized carbons (Fsp3) is 0.588. The van der Waals surface area contributed by atoms with Crippen LogP contribution in [0, 0.1) is 0 Å². The van der Waals surface area contributed by atoms with Gasteiger partial charge in [-0.2, -0.15) is 0 Å². The smallest absolute Gasteiger partial charge is 0.252 e. The number of carbonyl (C=O) groups excluding carboxylic acids is 1. The molecule has 2 aliphatic rings. The van der Waals surface area contributed by atoms with Gasteiger partial charge in [0.05, 0.1) is 6.10 Å². The molecule has 21 heavy (non-hydrogen) atoms. The van der Waals surface area contributed by atoms with E-state index >= 15 is 0 Å². The van der Waals surface area contributed by atoms with Crippen molar-refractivity contribution in [3.05, 3.63) is 29.8 Å². The molecule has 2 aliphatic heterocycles. The van der Waals surface area contributed by atoms with Gasteiger partial charge in [0.25, 0.3) is 5.91 Å². The first-order valence-corrected chi connectivity index (χ1v) is 7.81. The van der Waals surface area contributed by atoms with E-state index in [-0.39, 0.29) is 24.2 Å². The van der Waals surface area contributed by atoms with E-state index in [1.165, 1.54) is 11.3 Å². The van der Waals surface area contributed by atoms with Crippen LogP contribution < -0.4 is 4.90 Å². The summed E-state index contributed by atoms with van der Waals surface area (Å²) >= 11 is 0. The predicted molar refractivity (Wildman–Crippen MR) is 83.3 cm³/mol. The number of fused-ring (bicyclic) bond motifs is 1. The standard InChI is InChI=1S/C17H24N2O2/c1-12-10-18(3)15-7-5-4-6-14(15)11-19(12)17(20)16-9-8-13(2)21-16/h4-7,12-13,16H,8-11H2,1-3H3. The second-order valence-electron chi connectivity index (χ2n) is 6.34. The molecule has 3 atom stereocenters. The van der Waals surface area contributed by atoms with Gasteiger partial charge in [-0.3, -0.25) is 4.79 Å². The number of hydrogen-bond acceptors (Lipinski definition) is 3. The normalized spacial score (nSPS) is 29.2. The quantitative estimate of drug-likeness (QED) is 0.795. The Labute approximate surface area is 126 Å². The minimum absolute atomic E-state index is 0.150. The zero-order valence-corrected chi connectivity index (χ0v) is 13.1. The maximum atomic E-state index is 12.8. The summed E-state index contributed by atoms with van der Waals surface area (Å²) in [5.41, 5.74) is 2.43. The number of para-hydroxylation sites is 1. The Hall–Kier alpha value is -1.55.